The van der Waals surface area contributed by atoms with Gasteiger partial charge in [0.05, 0.1) is 17.1 Å². The SMILES string of the molecule is O=C(O)CC(NC(=O)Nc1ccc(Br)cc1Cl)C1CC1. The van der Waals surface area contributed by atoms with Crippen molar-refractivity contribution < 1.29 is 14.7 Å². The molecular formula is C13H14BrClN2O3. The normalized spacial score (nSPS) is 15.5. The molecule has 1 atom stereocenters. The summed E-state index contributed by atoms with van der Waals surface area (Å²) in [4.78, 5) is 22.7. The third-order valence-electron chi connectivity index (χ3n) is 3.08. The molecule has 7 heteroatoms. The number of rotatable bonds is 5. The molecule has 2 rings (SSSR count). The summed E-state index contributed by atoms with van der Waals surface area (Å²) in [5, 5.41) is 14.6. The zero-order valence-electron chi connectivity index (χ0n) is 10.5. The molecule has 1 unspecified atom stereocenters. The minimum Gasteiger partial charge on any atom is -0.481 e. The summed E-state index contributed by atoms with van der Waals surface area (Å²) in [5.74, 6) is -0.652. The molecule has 0 spiro atoms. The van der Waals surface area contributed by atoms with E-state index < -0.39 is 12.0 Å². The van der Waals surface area contributed by atoms with Gasteiger partial charge < -0.3 is 15.7 Å². The molecule has 0 radical (unpaired) electrons. The second kappa shape index (κ2) is 6.45. The van der Waals surface area contributed by atoms with Crippen molar-refractivity contribution in [3.05, 3.63) is 27.7 Å². The van der Waals surface area contributed by atoms with Crippen molar-refractivity contribution in [2.45, 2.75) is 25.3 Å². The van der Waals surface area contributed by atoms with Crippen molar-refractivity contribution >= 4 is 45.2 Å². The number of hydrogen-bond acceptors (Lipinski definition) is 2. The minimum absolute atomic E-state index is 0.0633. The lowest BCUT2D eigenvalue weighted by Crippen LogP contribution is -2.40. The molecule has 3 N–H and O–H groups in total. The Morgan fingerprint density at radius 1 is 1.45 bits per heavy atom. The van der Waals surface area contributed by atoms with Crippen LogP contribution in [0.25, 0.3) is 0 Å². The number of aliphatic carboxylic acids is 1. The first-order valence-electron chi connectivity index (χ1n) is 6.20. The summed E-state index contributed by atoms with van der Waals surface area (Å²) in [6, 6.07) is 4.34. The zero-order valence-corrected chi connectivity index (χ0v) is 12.9. The number of nitrogens with one attached hydrogen (secondary N) is 2. The maximum Gasteiger partial charge on any atom is 0.319 e. The maximum absolute atomic E-state index is 11.9. The molecule has 1 aliphatic carbocycles. The van der Waals surface area contributed by atoms with Crippen molar-refractivity contribution in [1.29, 1.82) is 0 Å². The predicted molar refractivity (Wildman–Crippen MR) is 80.1 cm³/mol. The summed E-state index contributed by atoms with van der Waals surface area (Å²) in [7, 11) is 0. The van der Waals surface area contributed by atoms with Gasteiger partial charge in [0.2, 0.25) is 0 Å². The van der Waals surface area contributed by atoms with Crippen LogP contribution >= 0.6 is 27.5 Å². The Morgan fingerprint density at radius 3 is 2.70 bits per heavy atom. The topological polar surface area (TPSA) is 78.4 Å². The van der Waals surface area contributed by atoms with E-state index in [1.165, 1.54) is 0 Å². The third kappa shape index (κ3) is 4.38. The van der Waals surface area contributed by atoms with Crippen molar-refractivity contribution in [3.8, 4) is 0 Å². The number of urea groups is 1. The summed E-state index contributed by atoms with van der Waals surface area (Å²) in [5.41, 5.74) is 0.484. The first-order chi connectivity index (χ1) is 9.45. The fourth-order valence-corrected chi connectivity index (χ4v) is 2.66. The Bertz CT molecular complexity index is 534. The largest absolute Gasteiger partial charge is 0.481 e. The molecule has 1 aromatic rings. The highest BCUT2D eigenvalue weighted by Gasteiger charge is 2.33. The van der Waals surface area contributed by atoms with Gasteiger partial charge in [-0.05, 0) is 37.0 Å². The maximum atomic E-state index is 11.9. The van der Waals surface area contributed by atoms with Crippen LogP contribution in [0.5, 0.6) is 0 Å². The van der Waals surface area contributed by atoms with Gasteiger partial charge in [0.25, 0.3) is 0 Å². The van der Waals surface area contributed by atoms with E-state index in [-0.39, 0.29) is 18.4 Å². The van der Waals surface area contributed by atoms with Crippen LogP contribution in [0.1, 0.15) is 19.3 Å². The van der Waals surface area contributed by atoms with E-state index in [4.69, 9.17) is 16.7 Å². The Hall–Kier alpha value is -1.27. The fraction of sp³-hybridized carbons (Fsp3) is 0.385. The molecule has 0 aromatic heterocycles. The lowest BCUT2D eigenvalue weighted by Gasteiger charge is -2.17. The Morgan fingerprint density at radius 2 is 2.15 bits per heavy atom. The number of carboxylic acid groups (broad SMARTS) is 1. The highest BCUT2D eigenvalue weighted by atomic mass is 79.9. The Balaban J connectivity index is 1.95. The number of carbonyl (C=O) groups is 2. The molecule has 2 amide bonds. The summed E-state index contributed by atoms with van der Waals surface area (Å²) < 4.78 is 0.815. The van der Waals surface area contributed by atoms with Gasteiger partial charge in [-0.3, -0.25) is 4.79 Å². The van der Waals surface area contributed by atoms with Crippen LogP contribution in [0, 0.1) is 5.92 Å². The monoisotopic (exact) mass is 360 g/mol. The predicted octanol–water partition coefficient (Wildman–Crippen LogP) is 3.48. The van der Waals surface area contributed by atoms with E-state index in [9.17, 15) is 9.59 Å². The highest BCUT2D eigenvalue weighted by Crippen LogP contribution is 2.34. The smallest absolute Gasteiger partial charge is 0.319 e. The van der Waals surface area contributed by atoms with Gasteiger partial charge in [0, 0.05) is 10.5 Å². The molecule has 1 saturated carbocycles. The molecule has 108 valence electrons. The molecule has 1 aliphatic rings. The van der Waals surface area contributed by atoms with Gasteiger partial charge in [-0.15, -0.1) is 0 Å². The molecule has 1 fully saturated rings. The number of amides is 2. The summed E-state index contributed by atoms with van der Waals surface area (Å²) >= 11 is 9.28. The van der Waals surface area contributed by atoms with Crippen molar-refractivity contribution in [2.24, 2.45) is 5.92 Å². The second-order valence-electron chi connectivity index (χ2n) is 4.76. The van der Waals surface area contributed by atoms with E-state index in [0.29, 0.717) is 10.7 Å². The van der Waals surface area contributed by atoms with Gasteiger partial charge >= 0.3 is 12.0 Å². The molecular weight excluding hydrogens is 348 g/mol. The first-order valence-corrected chi connectivity index (χ1v) is 7.37. The second-order valence-corrected chi connectivity index (χ2v) is 6.09. The van der Waals surface area contributed by atoms with E-state index in [1.807, 2.05) is 0 Å². The van der Waals surface area contributed by atoms with Gasteiger partial charge in [-0.2, -0.15) is 0 Å². The van der Waals surface area contributed by atoms with Crippen molar-refractivity contribution in [1.82, 2.24) is 5.32 Å². The standard InChI is InChI=1S/C13H14BrClN2O3/c14-8-3-4-10(9(15)5-8)16-13(20)17-11(6-12(18)19)7-1-2-7/h3-5,7,11H,1-2,6H2,(H,18,19)(H2,16,17,20). The average molecular weight is 362 g/mol. The molecule has 20 heavy (non-hydrogen) atoms. The number of anilines is 1. The van der Waals surface area contributed by atoms with Crippen LogP contribution in [-0.4, -0.2) is 23.1 Å². The van der Waals surface area contributed by atoms with E-state index in [0.717, 1.165) is 17.3 Å². The first kappa shape index (κ1) is 15.1. The highest BCUT2D eigenvalue weighted by molar-refractivity contribution is 9.10. The molecule has 0 bridgehead atoms. The van der Waals surface area contributed by atoms with Crippen LogP contribution in [0.3, 0.4) is 0 Å². The lowest BCUT2D eigenvalue weighted by atomic mass is 10.1. The fourth-order valence-electron chi connectivity index (χ4n) is 1.94. The van der Waals surface area contributed by atoms with E-state index >= 15 is 0 Å². The van der Waals surface area contributed by atoms with E-state index in [2.05, 4.69) is 26.6 Å². The third-order valence-corrected chi connectivity index (χ3v) is 3.89. The molecule has 0 aliphatic heterocycles. The van der Waals surface area contributed by atoms with Crippen LogP contribution in [-0.2, 0) is 4.79 Å². The molecule has 0 saturated heterocycles. The molecule has 5 nitrogen and oxygen atoms in total. The van der Waals surface area contributed by atoms with Gasteiger partial charge in [0.1, 0.15) is 0 Å². The van der Waals surface area contributed by atoms with Gasteiger partial charge in [0.15, 0.2) is 0 Å². The van der Waals surface area contributed by atoms with Gasteiger partial charge in [-0.1, -0.05) is 27.5 Å². The van der Waals surface area contributed by atoms with Crippen molar-refractivity contribution in [2.75, 3.05) is 5.32 Å². The zero-order chi connectivity index (χ0) is 14.7. The minimum atomic E-state index is -0.913. The van der Waals surface area contributed by atoms with Crippen molar-refractivity contribution in [3.63, 3.8) is 0 Å². The quantitative estimate of drug-likeness (QED) is 0.751. The summed E-state index contributed by atoms with van der Waals surface area (Å²) in [6.45, 7) is 0. The number of benzene rings is 1. The number of carboxylic acids is 1. The Kier molecular flexibility index (Phi) is 4.88. The van der Waals surface area contributed by atoms with Crippen LogP contribution in [0.2, 0.25) is 5.02 Å². The Labute approximate surface area is 129 Å². The number of hydrogen-bond donors (Lipinski definition) is 3. The van der Waals surface area contributed by atoms with E-state index in [1.54, 1.807) is 18.2 Å². The molecule has 0 heterocycles. The average Bonchev–Trinajstić information content (AvgIpc) is 3.15. The van der Waals surface area contributed by atoms with Crippen LogP contribution in [0.4, 0.5) is 10.5 Å². The van der Waals surface area contributed by atoms with Gasteiger partial charge in [-0.25, -0.2) is 4.79 Å². The van der Waals surface area contributed by atoms with Crippen LogP contribution in [0.15, 0.2) is 22.7 Å². The number of halogens is 2. The summed E-state index contributed by atoms with van der Waals surface area (Å²) in [6.07, 6.45) is 1.85. The van der Waals surface area contributed by atoms with Crippen LogP contribution < -0.4 is 10.6 Å². The lowest BCUT2D eigenvalue weighted by molar-refractivity contribution is -0.137. The number of carbonyl (C=O) groups excluding carboxylic acids is 1. The molecule has 1 aromatic carbocycles.